The van der Waals surface area contributed by atoms with Crippen LogP contribution in [-0.4, -0.2) is 17.5 Å². The number of carbonyl (C=O) groups excluding carboxylic acids is 2. The van der Waals surface area contributed by atoms with Crippen molar-refractivity contribution in [2.75, 3.05) is 0 Å². The molecule has 0 bridgehead atoms. The fourth-order valence-corrected chi connectivity index (χ4v) is 1.22. The van der Waals surface area contributed by atoms with Crippen molar-refractivity contribution < 1.29 is 9.59 Å². The van der Waals surface area contributed by atoms with Crippen molar-refractivity contribution in [2.45, 2.75) is 20.8 Å². The minimum absolute atomic E-state index is 0.614. The first-order valence-electron chi connectivity index (χ1n) is 5.13. The van der Waals surface area contributed by atoms with Crippen LogP contribution in [0.15, 0.2) is 23.3 Å². The van der Waals surface area contributed by atoms with E-state index in [9.17, 15) is 9.59 Å². The van der Waals surface area contributed by atoms with Gasteiger partial charge in [-0.2, -0.15) is 5.10 Å². The lowest BCUT2D eigenvalue weighted by molar-refractivity contribution is -0.137. The Balaban J connectivity index is 2.85. The molecule has 2 amide bonds. The molecule has 5 heteroatoms. The van der Waals surface area contributed by atoms with E-state index in [-0.39, 0.29) is 0 Å². The van der Waals surface area contributed by atoms with Crippen LogP contribution in [0.4, 0.5) is 0 Å². The average Bonchev–Trinajstić information content (AvgIpc) is 2.28. The summed E-state index contributed by atoms with van der Waals surface area (Å²) in [6, 6.07) is 5.84. The van der Waals surface area contributed by atoms with E-state index in [1.54, 1.807) is 6.92 Å². The summed E-state index contributed by atoms with van der Waals surface area (Å²) < 4.78 is 0. The Hall–Kier alpha value is -2.17. The van der Waals surface area contributed by atoms with E-state index in [1.807, 2.05) is 32.0 Å². The number of aryl methyl sites for hydroxylation is 2. The number of primary amides is 1. The van der Waals surface area contributed by atoms with E-state index in [1.165, 1.54) is 5.56 Å². The number of hydrogen-bond donors (Lipinski definition) is 2. The Morgan fingerprint density at radius 3 is 2.41 bits per heavy atom. The monoisotopic (exact) mass is 233 g/mol. The van der Waals surface area contributed by atoms with Crippen molar-refractivity contribution in [2.24, 2.45) is 10.8 Å². The SMILES string of the molecule is C/C(=N/NC(=O)C(N)=O)c1ccc(C)c(C)c1. The third kappa shape index (κ3) is 3.41. The standard InChI is InChI=1S/C12H15N3O2/c1-7-4-5-10(6-8(7)2)9(3)14-15-12(17)11(13)16/h4-6H,1-3H3,(H2,13,16)(H,15,17)/b14-9-. The maximum absolute atomic E-state index is 10.9. The van der Waals surface area contributed by atoms with Gasteiger partial charge < -0.3 is 5.73 Å². The van der Waals surface area contributed by atoms with Gasteiger partial charge in [-0.15, -0.1) is 0 Å². The molecule has 0 aliphatic heterocycles. The zero-order chi connectivity index (χ0) is 13.0. The van der Waals surface area contributed by atoms with Crippen molar-refractivity contribution >= 4 is 17.5 Å². The minimum atomic E-state index is -1.05. The maximum atomic E-state index is 10.9. The van der Waals surface area contributed by atoms with E-state index in [4.69, 9.17) is 5.73 Å². The molecule has 0 heterocycles. The minimum Gasteiger partial charge on any atom is -0.361 e. The van der Waals surface area contributed by atoms with Gasteiger partial charge in [0.15, 0.2) is 0 Å². The third-order valence-electron chi connectivity index (χ3n) is 2.47. The zero-order valence-corrected chi connectivity index (χ0v) is 10.1. The molecule has 0 unspecified atom stereocenters. The highest BCUT2D eigenvalue weighted by Crippen LogP contribution is 2.10. The second-order valence-corrected chi connectivity index (χ2v) is 3.80. The van der Waals surface area contributed by atoms with Gasteiger partial charge in [-0.1, -0.05) is 12.1 Å². The second kappa shape index (κ2) is 5.25. The highest BCUT2D eigenvalue weighted by molar-refractivity contribution is 6.34. The van der Waals surface area contributed by atoms with Crippen molar-refractivity contribution in [3.63, 3.8) is 0 Å². The quantitative estimate of drug-likeness (QED) is 0.446. The van der Waals surface area contributed by atoms with Gasteiger partial charge in [0.25, 0.3) is 0 Å². The lowest BCUT2D eigenvalue weighted by Gasteiger charge is -2.05. The highest BCUT2D eigenvalue weighted by atomic mass is 16.2. The Bertz CT molecular complexity index is 493. The summed E-state index contributed by atoms with van der Waals surface area (Å²) >= 11 is 0. The Kier molecular flexibility index (Phi) is 3.98. The molecular weight excluding hydrogens is 218 g/mol. The number of nitrogens with zero attached hydrogens (tertiary/aromatic N) is 1. The third-order valence-corrected chi connectivity index (χ3v) is 2.47. The Morgan fingerprint density at radius 2 is 1.88 bits per heavy atom. The van der Waals surface area contributed by atoms with E-state index in [0.717, 1.165) is 11.1 Å². The normalized spacial score (nSPS) is 11.1. The molecule has 0 saturated heterocycles. The number of rotatable bonds is 2. The molecule has 0 fully saturated rings. The van der Waals surface area contributed by atoms with Crippen molar-refractivity contribution in [3.8, 4) is 0 Å². The predicted octanol–water partition coefficient (Wildman–Crippen LogP) is 0.629. The van der Waals surface area contributed by atoms with Gasteiger partial charge in [0.1, 0.15) is 0 Å². The number of nitrogens with two attached hydrogens (primary N) is 1. The first kappa shape index (κ1) is 12.9. The smallest absolute Gasteiger partial charge is 0.329 e. The van der Waals surface area contributed by atoms with E-state index >= 15 is 0 Å². The predicted molar refractivity (Wildman–Crippen MR) is 65.5 cm³/mol. The van der Waals surface area contributed by atoms with Gasteiger partial charge in [-0.05, 0) is 43.5 Å². The van der Waals surface area contributed by atoms with Crippen LogP contribution in [0, 0.1) is 13.8 Å². The molecular formula is C12H15N3O2. The van der Waals surface area contributed by atoms with E-state index in [2.05, 4.69) is 10.5 Å². The summed E-state index contributed by atoms with van der Waals surface area (Å²) in [6.45, 7) is 5.75. The molecule has 1 aromatic rings. The topological polar surface area (TPSA) is 84.6 Å². The second-order valence-electron chi connectivity index (χ2n) is 3.80. The summed E-state index contributed by atoms with van der Waals surface area (Å²) in [5.41, 5.74) is 10.7. The maximum Gasteiger partial charge on any atom is 0.329 e. The summed E-state index contributed by atoms with van der Waals surface area (Å²) in [7, 11) is 0. The molecule has 5 nitrogen and oxygen atoms in total. The van der Waals surface area contributed by atoms with Gasteiger partial charge in [-0.3, -0.25) is 9.59 Å². The molecule has 3 N–H and O–H groups in total. The van der Waals surface area contributed by atoms with Gasteiger partial charge in [-0.25, -0.2) is 5.43 Å². The number of hydrogen-bond acceptors (Lipinski definition) is 3. The molecule has 0 aromatic heterocycles. The molecule has 0 atom stereocenters. The largest absolute Gasteiger partial charge is 0.361 e. The van der Waals surface area contributed by atoms with Crippen molar-refractivity contribution in [1.29, 1.82) is 0 Å². The summed E-state index contributed by atoms with van der Waals surface area (Å²) in [4.78, 5) is 21.4. The van der Waals surface area contributed by atoms with Gasteiger partial charge in [0.2, 0.25) is 0 Å². The van der Waals surface area contributed by atoms with Gasteiger partial charge >= 0.3 is 11.8 Å². The number of nitrogens with one attached hydrogen (secondary N) is 1. The van der Waals surface area contributed by atoms with Gasteiger partial charge in [0, 0.05) is 0 Å². The fourth-order valence-electron chi connectivity index (χ4n) is 1.22. The van der Waals surface area contributed by atoms with Crippen LogP contribution in [0.2, 0.25) is 0 Å². The molecule has 0 saturated carbocycles. The first-order valence-corrected chi connectivity index (χ1v) is 5.13. The molecule has 0 aliphatic rings. The van der Waals surface area contributed by atoms with Crippen LogP contribution in [0.3, 0.4) is 0 Å². The number of benzene rings is 1. The van der Waals surface area contributed by atoms with E-state index in [0.29, 0.717) is 5.71 Å². The molecule has 0 radical (unpaired) electrons. The molecule has 0 aliphatic carbocycles. The van der Waals surface area contributed by atoms with Crippen LogP contribution >= 0.6 is 0 Å². The van der Waals surface area contributed by atoms with Crippen molar-refractivity contribution in [3.05, 3.63) is 34.9 Å². The van der Waals surface area contributed by atoms with E-state index < -0.39 is 11.8 Å². The lowest BCUT2D eigenvalue weighted by atomic mass is 10.0. The lowest BCUT2D eigenvalue weighted by Crippen LogP contribution is -2.33. The summed E-state index contributed by atoms with van der Waals surface area (Å²) in [5, 5.41) is 3.80. The number of hydrazone groups is 1. The Labute approximate surface area is 99.7 Å². The summed E-state index contributed by atoms with van der Waals surface area (Å²) in [5.74, 6) is -1.98. The zero-order valence-electron chi connectivity index (χ0n) is 10.1. The number of carbonyl (C=O) groups is 2. The van der Waals surface area contributed by atoms with Crippen LogP contribution in [-0.2, 0) is 9.59 Å². The van der Waals surface area contributed by atoms with Crippen LogP contribution in [0.5, 0.6) is 0 Å². The molecule has 90 valence electrons. The van der Waals surface area contributed by atoms with Gasteiger partial charge in [0.05, 0.1) is 5.71 Å². The summed E-state index contributed by atoms with van der Waals surface area (Å²) in [6.07, 6.45) is 0. The highest BCUT2D eigenvalue weighted by Gasteiger charge is 2.07. The number of amides is 2. The average molecular weight is 233 g/mol. The Morgan fingerprint density at radius 1 is 1.24 bits per heavy atom. The van der Waals surface area contributed by atoms with Crippen LogP contribution in [0.1, 0.15) is 23.6 Å². The van der Waals surface area contributed by atoms with Crippen LogP contribution < -0.4 is 11.2 Å². The first-order chi connectivity index (χ1) is 7.91. The van der Waals surface area contributed by atoms with Crippen molar-refractivity contribution in [1.82, 2.24) is 5.43 Å². The molecule has 1 aromatic carbocycles. The molecule has 0 spiro atoms. The molecule has 17 heavy (non-hydrogen) atoms. The van der Waals surface area contributed by atoms with Crippen LogP contribution in [0.25, 0.3) is 0 Å². The molecule has 1 rings (SSSR count). The fraction of sp³-hybridized carbons (Fsp3) is 0.250.